The van der Waals surface area contributed by atoms with Crippen LogP contribution < -0.4 is 11.1 Å². The number of fused-ring (bicyclic) bond motifs is 1. The molecule has 0 fully saturated rings. The third-order valence-electron chi connectivity index (χ3n) is 1.91. The van der Waals surface area contributed by atoms with E-state index >= 15 is 0 Å². The first-order valence-electron chi connectivity index (χ1n) is 3.67. The highest BCUT2D eigenvalue weighted by atomic mass is 35.5. The van der Waals surface area contributed by atoms with Gasteiger partial charge in [0.2, 0.25) is 0 Å². The van der Waals surface area contributed by atoms with E-state index in [4.69, 9.17) is 5.73 Å². The minimum Gasteiger partial charge on any atom is -0.383 e. The maximum atomic E-state index is 5.65. The minimum atomic E-state index is 0. The Morgan fingerprint density at radius 1 is 1.42 bits per heavy atom. The van der Waals surface area contributed by atoms with Crippen molar-refractivity contribution in [3.05, 3.63) is 17.6 Å². The fourth-order valence-corrected chi connectivity index (χ4v) is 1.29. The third kappa shape index (κ3) is 1.49. The van der Waals surface area contributed by atoms with Crippen molar-refractivity contribution in [1.29, 1.82) is 0 Å². The zero-order chi connectivity index (χ0) is 7.68. The maximum Gasteiger partial charge on any atom is 0.131 e. The van der Waals surface area contributed by atoms with E-state index < -0.39 is 0 Å². The van der Waals surface area contributed by atoms with Gasteiger partial charge in [0.1, 0.15) is 12.1 Å². The molecular weight excluding hydrogens is 176 g/mol. The number of nitrogens with two attached hydrogens (primary N) is 1. The molecule has 2 rings (SSSR count). The van der Waals surface area contributed by atoms with Gasteiger partial charge in [-0.25, -0.2) is 9.97 Å². The van der Waals surface area contributed by atoms with Gasteiger partial charge in [-0.3, -0.25) is 0 Å². The summed E-state index contributed by atoms with van der Waals surface area (Å²) in [5, 5.41) is 3.22. The maximum absolute atomic E-state index is 5.65. The SMILES string of the molecule is Cl.Nc1ncnc2c1CNCC2. The second kappa shape index (κ2) is 3.69. The molecule has 0 bridgehead atoms. The summed E-state index contributed by atoms with van der Waals surface area (Å²) in [7, 11) is 0. The van der Waals surface area contributed by atoms with Crippen LogP contribution in [0.5, 0.6) is 0 Å². The van der Waals surface area contributed by atoms with Crippen LogP contribution in [0.25, 0.3) is 0 Å². The quantitative estimate of drug-likeness (QED) is 0.605. The minimum absolute atomic E-state index is 0. The molecule has 0 aromatic carbocycles. The van der Waals surface area contributed by atoms with Crippen LogP contribution >= 0.6 is 12.4 Å². The van der Waals surface area contributed by atoms with Crippen LogP contribution in [0.1, 0.15) is 11.3 Å². The zero-order valence-electron chi connectivity index (χ0n) is 6.58. The van der Waals surface area contributed by atoms with E-state index in [9.17, 15) is 0 Å². The number of hydrogen-bond donors (Lipinski definition) is 2. The molecule has 0 saturated carbocycles. The second-order valence-electron chi connectivity index (χ2n) is 2.61. The van der Waals surface area contributed by atoms with Gasteiger partial charge in [-0.2, -0.15) is 0 Å². The molecule has 0 aliphatic carbocycles. The number of anilines is 1. The van der Waals surface area contributed by atoms with Crippen molar-refractivity contribution in [2.24, 2.45) is 0 Å². The predicted octanol–water partition coefficient (Wildman–Crippen LogP) is 0.126. The number of halogens is 1. The van der Waals surface area contributed by atoms with E-state index in [2.05, 4.69) is 15.3 Å². The Morgan fingerprint density at radius 3 is 3.00 bits per heavy atom. The van der Waals surface area contributed by atoms with Crippen molar-refractivity contribution < 1.29 is 0 Å². The third-order valence-corrected chi connectivity index (χ3v) is 1.91. The summed E-state index contributed by atoms with van der Waals surface area (Å²) in [5.74, 6) is 0.613. The second-order valence-corrected chi connectivity index (χ2v) is 2.61. The Balaban J connectivity index is 0.000000720. The summed E-state index contributed by atoms with van der Waals surface area (Å²) < 4.78 is 0. The predicted molar refractivity (Wildman–Crippen MR) is 49.1 cm³/mol. The van der Waals surface area contributed by atoms with Crippen molar-refractivity contribution >= 4 is 18.2 Å². The number of aromatic nitrogens is 2. The molecule has 4 nitrogen and oxygen atoms in total. The highest BCUT2D eigenvalue weighted by molar-refractivity contribution is 5.85. The van der Waals surface area contributed by atoms with Gasteiger partial charge in [0.05, 0.1) is 5.69 Å². The summed E-state index contributed by atoms with van der Waals surface area (Å²) in [6.07, 6.45) is 2.49. The monoisotopic (exact) mass is 186 g/mol. The van der Waals surface area contributed by atoms with E-state index in [1.807, 2.05) is 0 Å². The van der Waals surface area contributed by atoms with Crippen LogP contribution in [-0.4, -0.2) is 16.5 Å². The molecule has 5 heteroatoms. The molecule has 0 amide bonds. The molecule has 66 valence electrons. The molecule has 3 N–H and O–H groups in total. The molecule has 2 heterocycles. The summed E-state index contributed by atoms with van der Waals surface area (Å²) in [6.45, 7) is 1.80. The zero-order valence-corrected chi connectivity index (χ0v) is 7.40. The van der Waals surface area contributed by atoms with Gasteiger partial charge >= 0.3 is 0 Å². The largest absolute Gasteiger partial charge is 0.383 e. The van der Waals surface area contributed by atoms with Crippen LogP contribution in [-0.2, 0) is 13.0 Å². The summed E-state index contributed by atoms with van der Waals surface area (Å²) in [5.41, 5.74) is 7.81. The summed E-state index contributed by atoms with van der Waals surface area (Å²) >= 11 is 0. The lowest BCUT2D eigenvalue weighted by Gasteiger charge is -2.15. The molecule has 1 aromatic heterocycles. The Morgan fingerprint density at radius 2 is 2.25 bits per heavy atom. The van der Waals surface area contributed by atoms with Crippen LogP contribution in [0.2, 0.25) is 0 Å². The average Bonchev–Trinajstić information content (AvgIpc) is 2.06. The van der Waals surface area contributed by atoms with Crippen LogP contribution in [0.3, 0.4) is 0 Å². The number of nitrogens with zero attached hydrogens (tertiary/aromatic N) is 2. The Bertz CT molecular complexity index is 276. The van der Waals surface area contributed by atoms with Gasteiger partial charge in [-0.05, 0) is 0 Å². The molecular formula is C7H11ClN4. The van der Waals surface area contributed by atoms with Crippen LogP contribution in [0, 0.1) is 0 Å². The molecule has 12 heavy (non-hydrogen) atoms. The molecule has 0 saturated heterocycles. The van der Waals surface area contributed by atoms with E-state index in [0.29, 0.717) is 5.82 Å². The van der Waals surface area contributed by atoms with Gasteiger partial charge in [-0.1, -0.05) is 0 Å². The van der Waals surface area contributed by atoms with Gasteiger partial charge < -0.3 is 11.1 Å². The first-order chi connectivity index (χ1) is 5.38. The molecule has 1 aliphatic heterocycles. The first-order valence-corrected chi connectivity index (χ1v) is 3.67. The average molecular weight is 187 g/mol. The van der Waals surface area contributed by atoms with Crippen molar-refractivity contribution in [1.82, 2.24) is 15.3 Å². The molecule has 0 spiro atoms. The van der Waals surface area contributed by atoms with Crippen LogP contribution in [0.15, 0.2) is 6.33 Å². The lowest BCUT2D eigenvalue weighted by Crippen LogP contribution is -2.25. The van der Waals surface area contributed by atoms with E-state index in [1.54, 1.807) is 0 Å². The molecule has 1 aliphatic rings. The van der Waals surface area contributed by atoms with Gasteiger partial charge in [0.15, 0.2) is 0 Å². The van der Waals surface area contributed by atoms with Crippen molar-refractivity contribution in [2.45, 2.75) is 13.0 Å². The first kappa shape index (κ1) is 9.22. The van der Waals surface area contributed by atoms with Crippen molar-refractivity contribution in [3.63, 3.8) is 0 Å². The number of hydrogen-bond acceptors (Lipinski definition) is 4. The molecule has 0 atom stereocenters. The summed E-state index contributed by atoms with van der Waals surface area (Å²) in [4.78, 5) is 8.07. The number of rotatable bonds is 0. The smallest absolute Gasteiger partial charge is 0.131 e. The van der Waals surface area contributed by atoms with E-state index in [-0.39, 0.29) is 12.4 Å². The Hall–Kier alpha value is -0.870. The topological polar surface area (TPSA) is 63.8 Å². The Kier molecular flexibility index (Phi) is 2.83. The van der Waals surface area contributed by atoms with E-state index in [0.717, 1.165) is 30.8 Å². The highest BCUT2D eigenvalue weighted by Crippen LogP contribution is 2.14. The van der Waals surface area contributed by atoms with Gasteiger partial charge in [0.25, 0.3) is 0 Å². The van der Waals surface area contributed by atoms with E-state index in [1.165, 1.54) is 6.33 Å². The normalized spacial score (nSPS) is 14.7. The summed E-state index contributed by atoms with van der Waals surface area (Å²) in [6, 6.07) is 0. The molecule has 0 unspecified atom stereocenters. The fourth-order valence-electron chi connectivity index (χ4n) is 1.29. The van der Waals surface area contributed by atoms with Crippen molar-refractivity contribution in [2.75, 3.05) is 12.3 Å². The lowest BCUT2D eigenvalue weighted by molar-refractivity contribution is 0.628. The molecule has 1 aromatic rings. The van der Waals surface area contributed by atoms with Gasteiger partial charge in [0, 0.05) is 25.1 Å². The number of nitrogen functional groups attached to an aromatic ring is 1. The fraction of sp³-hybridized carbons (Fsp3) is 0.429. The highest BCUT2D eigenvalue weighted by Gasteiger charge is 2.12. The Labute approximate surface area is 77.0 Å². The van der Waals surface area contributed by atoms with Crippen LogP contribution in [0.4, 0.5) is 5.82 Å². The van der Waals surface area contributed by atoms with Gasteiger partial charge in [-0.15, -0.1) is 12.4 Å². The lowest BCUT2D eigenvalue weighted by atomic mass is 10.1. The number of nitrogens with one attached hydrogen (secondary N) is 1. The molecule has 0 radical (unpaired) electrons. The standard InChI is InChI=1S/C7H10N4.ClH/c8-7-5-3-9-2-1-6(5)10-4-11-7;/h4,9H,1-3H2,(H2,8,10,11);1H. The van der Waals surface area contributed by atoms with Crippen molar-refractivity contribution in [3.8, 4) is 0 Å².